The van der Waals surface area contributed by atoms with Crippen LogP contribution in [0.4, 0.5) is 15.3 Å². The van der Waals surface area contributed by atoms with Gasteiger partial charge in [-0.2, -0.15) is 0 Å². The van der Waals surface area contributed by atoms with Crippen LogP contribution in [0, 0.1) is 5.92 Å². The fourth-order valence-corrected chi connectivity index (χ4v) is 5.76. The molecule has 240 valence electrons. The zero-order chi connectivity index (χ0) is 32.1. The van der Waals surface area contributed by atoms with Gasteiger partial charge in [-0.15, -0.1) is 0 Å². The first-order valence-corrected chi connectivity index (χ1v) is 16.7. The lowest BCUT2D eigenvalue weighted by molar-refractivity contribution is 0.0183. The number of nitrogens with one attached hydrogen (secondary N) is 3. The van der Waals surface area contributed by atoms with Crippen LogP contribution >= 0.6 is 22.6 Å². The van der Waals surface area contributed by atoms with Gasteiger partial charge in [0.15, 0.2) is 0 Å². The molecule has 1 aliphatic carbocycles. The standard InChI is InChI=1S/C33H40IN5O6/c1-33(2,3)45-32(42)39-13-10-20(11-14-39)19-36-30(40)25-16-24-27(17-29(25)43-4)35-12-9-28(24)44-23-7-8-26(21(15-23)18-34)38-31(41)37-22-5-6-22/h7-9,12,15-17,20,22H,5-6,10-11,13-14,18-19H2,1-4H3,(H,36,40)(H2,37,38,41). The molecule has 3 aromatic rings. The van der Waals surface area contributed by atoms with E-state index in [0.29, 0.717) is 57.8 Å². The van der Waals surface area contributed by atoms with Gasteiger partial charge in [0.05, 0.1) is 18.2 Å². The number of rotatable bonds is 9. The summed E-state index contributed by atoms with van der Waals surface area (Å²) < 4.78 is 18.0. The summed E-state index contributed by atoms with van der Waals surface area (Å²) in [7, 11) is 1.52. The quantitative estimate of drug-likeness (QED) is 0.167. The monoisotopic (exact) mass is 729 g/mol. The van der Waals surface area contributed by atoms with Crippen LogP contribution in [0.5, 0.6) is 17.2 Å². The van der Waals surface area contributed by atoms with Crippen molar-refractivity contribution in [2.75, 3.05) is 32.1 Å². The molecule has 1 saturated heterocycles. The smallest absolute Gasteiger partial charge is 0.410 e. The number of ether oxygens (including phenoxy) is 3. The maximum absolute atomic E-state index is 13.4. The summed E-state index contributed by atoms with van der Waals surface area (Å²) in [6.07, 6.45) is 4.94. The van der Waals surface area contributed by atoms with Crippen LogP contribution in [0.25, 0.3) is 10.9 Å². The number of halogens is 1. The molecule has 1 aliphatic heterocycles. The number of likely N-dealkylation sites (tertiary alicyclic amines) is 1. The molecule has 5 rings (SSSR count). The average Bonchev–Trinajstić information content (AvgIpc) is 3.83. The van der Waals surface area contributed by atoms with Crippen molar-refractivity contribution in [3.8, 4) is 17.2 Å². The molecule has 45 heavy (non-hydrogen) atoms. The molecule has 0 unspecified atom stereocenters. The lowest BCUT2D eigenvalue weighted by Gasteiger charge is -2.33. The summed E-state index contributed by atoms with van der Waals surface area (Å²) in [5, 5.41) is 9.59. The first-order valence-electron chi connectivity index (χ1n) is 15.2. The molecule has 2 aliphatic rings. The Labute approximate surface area is 276 Å². The number of hydrogen-bond acceptors (Lipinski definition) is 7. The average molecular weight is 730 g/mol. The van der Waals surface area contributed by atoms with Gasteiger partial charge in [-0.1, -0.05) is 22.6 Å². The van der Waals surface area contributed by atoms with Crippen LogP contribution < -0.4 is 25.4 Å². The topological polar surface area (TPSA) is 131 Å². The number of piperidine rings is 1. The lowest BCUT2D eigenvalue weighted by atomic mass is 9.97. The highest BCUT2D eigenvalue weighted by molar-refractivity contribution is 14.1. The van der Waals surface area contributed by atoms with E-state index in [0.717, 1.165) is 36.9 Å². The Morgan fingerprint density at radius 1 is 1.02 bits per heavy atom. The third kappa shape index (κ3) is 8.68. The van der Waals surface area contributed by atoms with E-state index in [2.05, 4.69) is 43.5 Å². The van der Waals surface area contributed by atoms with Crippen molar-refractivity contribution in [2.24, 2.45) is 5.92 Å². The van der Waals surface area contributed by atoms with Gasteiger partial charge in [0.25, 0.3) is 5.91 Å². The highest BCUT2D eigenvalue weighted by Gasteiger charge is 2.28. The SMILES string of the molecule is COc1cc2nccc(Oc3ccc(NC(=O)NC4CC4)c(CI)c3)c2cc1C(=O)NCC1CCN(C(=O)OC(C)(C)C)CC1. The minimum Gasteiger partial charge on any atom is -0.496 e. The van der Waals surface area contributed by atoms with Crippen molar-refractivity contribution in [2.45, 2.75) is 62.5 Å². The van der Waals surface area contributed by atoms with Crippen LogP contribution in [0.1, 0.15) is 62.4 Å². The molecule has 4 amide bonds. The van der Waals surface area contributed by atoms with Gasteiger partial charge in [-0.3, -0.25) is 9.78 Å². The number of urea groups is 1. The lowest BCUT2D eigenvalue weighted by Crippen LogP contribution is -2.43. The largest absolute Gasteiger partial charge is 0.496 e. The van der Waals surface area contributed by atoms with Gasteiger partial charge in [-0.25, -0.2) is 9.59 Å². The second-order valence-electron chi connectivity index (χ2n) is 12.4. The maximum Gasteiger partial charge on any atom is 0.410 e. The number of fused-ring (bicyclic) bond motifs is 1. The van der Waals surface area contributed by atoms with E-state index in [1.54, 1.807) is 35.4 Å². The molecule has 0 spiro atoms. The molecule has 3 N–H and O–H groups in total. The van der Waals surface area contributed by atoms with E-state index in [9.17, 15) is 14.4 Å². The Bertz CT molecular complexity index is 1560. The third-order valence-corrected chi connectivity index (χ3v) is 8.52. The van der Waals surface area contributed by atoms with Crippen LogP contribution in [-0.2, 0) is 9.16 Å². The fraction of sp³-hybridized carbons (Fsp3) is 0.455. The van der Waals surface area contributed by atoms with E-state index in [1.807, 2.05) is 32.9 Å². The summed E-state index contributed by atoms with van der Waals surface area (Å²) >= 11 is 2.26. The Hall–Kier alpha value is -3.81. The minimum absolute atomic E-state index is 0.205. The van der Waals surface area contributed by atoms with Gasteiger partial charge < -0.3 is 35.1 Å². The molecule has 1 aromatic heterocycles. The number of carbonyl (C=O) groups excluding carboxylic acids is 3. The molecule has 11 nitrogen and oxygen atoms in total. The molecule has 0 bridgehead atoms. The van der Waals surface area contributed by atoms with Crippen molar-refractivity contribution in [3.63, 3.8) is 0 Å². The van der Waals surface area contributed by atoms with Gasteiger partial charge in [0.2, 0.25) is 0 Å². The number of alkyl halides is 1. The molecule has 2 heterocycles. The highest BCUT2D eigenvalue weighted by atomic mass is 127. The summed E-state index contributed by atoms with van der Waals surface area (Å²) in [5.74, 6) is 1.53. The fourth-order valence-electron chi connectivity index (χ4n) is 5.13. The van der Waals surface area contributed by atoms with Gasteiger partial charge in [0.1, 0.15) is 22.8 Å². The summed E-state index contributed by atoms with van der Waals surface area (Å²) in [6, 6.07) is 10.8. The number of carbonyl (C=O) groups is 3. The van der Waals surface area contributed by atoms with E-state index >= 15 is 0 Å². The summed E-state index contributed by atoms with van der Waals surface area (Å²) in [6.45, 7) is 7.23. The van der Waals surface area contributed by atoms with E-state index in [-0.39, 0.29) is 30.0 Å². The zero-order valence-corrected chi connectivity index (χ0v) is 28.2. The van der Waals surface area contributed by atoms with Crippen molar-refractivity contribution in [1.29, 1.82) is 0 Å². The maximum atomic E-state index is 13.4. The summed E-state index contributed by atoms with van der Waals surface area (Å²) in [5.41, 5.74) is 2.13. The Kier molecular flexibility index (Phi) is 10.2. The molecule has 0 radical (unpaired) electrons. The van der Waals surface area contributed by atoms with Crippen LogP contribution in [0.3, 0.4) is 0 Å². The van der Waals surface area contributed by atoms with Crippen molar-refractivity contribution < 1.29 is 28.6 Å². The molecule has 2 fully saturated rings. The molecule has 2 aromatic carbocycles. The number of pyridine rings is 1. The number of aromatic nitrogens is 1. The number of methoxy groups -OCH3 is 1. The molecule has 0 atom stereocenters. The highest BCUT2D eigenvalue weighted by Crippen LogP contribution is 2.35. The van der Waals surface area contributed by atoms with Crippen molar-refractivity contribution in [1.82, 2.24) is 20.5 Å². The first kappa shape index (κ1) is 32.6. The van der Waals surface area contributed by atoms with Gasteiger partial charge in [0, 0.05) is 53.4 Å². The van der Waals surface area contributed by atoms with Gasteiger partial charge in [-0.05, 0) is 88.3 Å². The summed E-state index contributed by atoms with van der Waals surface area (Å²) in [4.78, 5) is 44.3. The van der Waals surface area contributed by atoms with Crippen molar-refractivity contribution >= 4 is 57.2 Å². The van der Waals surface area contributed by atoms with Gasteiger partial charge >= 0.3 is 12.1 Å². The molecular formula is C33H40IN5O6. The van der Waals surface area contributed by atoms with E-state index in [4.69, 9.17) is 14.2 Å². The predicted molar refractivity (Wildman–Crippen MR) is 181 cm³/mol. The third-order valence-electron chi connectivity index (χ3n) is 7.69. The minimum atomic E-state index is -0.532. The zero-order valence-electron chi connectivity index (χ0n) is 26.1. The van der Waals surface area contributed by atoms with Crippen molar-refractivity contribution in [3.05, 3.63) is 53.7 Å². The second-order valence-corrected chi connectivity index (χ2v) is 13.2. The normalized spacial score (nSPS) is 15.4. The molecule has 1 saturated carbocycles. The Morgan fingerprint density at radius 2 is 1.78 bits per heavy atom. The number of anilines is 1. The predicted octanol–water partition coefficient (Wildman–Crippen LogP) is 6.63. The molecule has 12 heteroatoms. The number of amides is 4. The van der Waals surface area contributed by atoms with Crippen LogP contribution in [0.2, 0.25) is 0 Å². The van der Waals surface area contributed by atoms with Crippen LogP contribution in [-0.4, -0.2) is 66.3 Å². The first-order chi connectivity index (χ1) is 21.5. The Balaban J connectivity index is 1.26. The van der Waals surface area contributed by atoms with Crippen LogP contribution in [0.15, 0.2) is 42.6 Å². The van der Waals surface area contributed by atoms with E-state index in [1.165, 1.54) is 7.11 Å². The number of nitrogens with zero attached hydrogens (tertiary/aromatic N) is 2. The second kappa shape index (κ2) is 14.1. The number of hydrogen-bond donors (Lipinski definition) is 3. The molecular weight excluding hydrogens is 689 g/mol. The Morgan fingerprint density at radius 3 is 2.44 bits per heavy atom. The number of benzene rings is 2. The van der Waals surface area contributed by atoms with E-state index < -0.39 is 5.60 Å².